The number of hydrogen-bond acceptors (Lipinski definition) is 2. The van der Waals surface area contributed by atoms with Gasteiger partial charge in [-0.1, -0.05) is 6.07 Å². The smallest absolute Gasteiger partial charge is 0.289 e. The third-order valence-electron chi connectivity index (χ3n) is 1.76. The van der Waals surface area contributed by atoms with Crippen LogP contribution in [0.3, 0.4) is 0 Å². The summed E-state index contributed by atoms with van der Waals surface area (Å²) >= 11 is 2.88. The Morgan fingerprint density at radius 1 is 1.69 bits per heavy atom. The zero-order valence-electron chi connectivity index (χ0n) is 7.40. The highest BCUT2D eigenvalue weighted by atomic mass is 79.9. The van der Waals surface area contributed by atoms with Gasteiger partial charge in [0.25, 0.3) is 4.82 Å². The molecule has 1 aromatic rings. The molecule has 70 valence electrons. The Labute approximate surface area is 85.9 Å². The lowest BCUT2D eigenvalue weighted by atomic mass is 10.2. The molecule has 0 aliphatic heterocycles. The molecule has 4 heteroatoms. The lowest BCUT2D eigenvalue weighted by Crippen LogP contribution is -2.23. The Balaban J connectivity index is 2.39. The van der Waals surface area contributed by atoms with Gasteiger partial charge in [-0.3, -0.25) is 9.78 Å². The van der Waals surface area contributed by atoms with E-state index in [1.807, 2.05) is 18.3 Å². The average Bonchev–Trinajstić information content (AvgIpc) is 2.15. The molecule has 3 nitrogen and oxygen atoms in total. The van der Waals surface area contributed by atoms with Crippen molar-refractivity contribution in [1.29, 1.82) is 0 Å². The van der Waals surface area contributed by atoms with Crippen molar-refractivity contribution in [3.05, 3.63) is 30.1 Å². The van der Waals surface area contributed by atoms with Crippen molar-refractivity contribution < 1.29 is 4.79 Å². The monoisotopic (exact) mass is 242 g/mol. The SMILES string of the molecule is CN(CCc1cccnc1)C(=O)Br. The van der Waals surface area contributed by atoms with Crippen LogP contribution in [0.2, 0.25) is 0 Å². The van der Waals surface area contributed by atoms with Gasteiger partial charge in [-0.15, -0.1) is 0 Å². The number of likely N-dealkylation sites (N-methyl/N-ethyl adjacent to an activating group) is 1. The first kappa shape index (κ1) is 10.2. The fourth-order valence-electron chi connectivity index (χ4n) is 0.931. The van der Waals surface area contributed by atoms with E-state index in [1.54, 1.807) is 18.1 Å². The van der Waals surface area contributed by atoms with Crippen LogP contribution in [0.1, 0.15) is 5.56 Å². The molecule has 0 spiro atoms. The van der Waals surface area contributed by atoms with E-state index >= 15 is 0 Å². The van der Waals surface area contributed by atoms with Crippen molar-refractivity contribution in [2.75, 3.05) is 13.6 Å². The van der Waals surface area contributed by atoms with Gasteiger partial charge >= 0.3 is 0 Å². The highest BCUT2D eigenvalue weighted by Gasteiger charge is 2.02. The second-order valence-corrected chi connectivity index (χ2v) is 3.46. The first-order valence-corrected chi connectivity index (χ1v) is 4.79. The molecule has 0 atom stereocenters. The summed E-state index contributed by atoms with van der Waals surface area (Å²) in [4.78, 5) is 16.3. The number of rotatable bonds is 3. The lowest BCUT2D eigenvalue weighted by molar-refractivity contribution is 0.235. The van der Waals surface area contributed by atoms with E-state index in [4.69, 9.17) is 0 Å². The van der Waals surface area contributed by atoms with Gasteiger partial charge in [-0.25, -0.2) is 0 Å². The Morgan fingerprint density at radius 3 is 3.00 bits per heavy atom. The predicted molar refractivity (Wildman–Crippen MR) is 54.9 cm³/mol. The molecule has 0 aromatic carbocycles. The average molecular weight is 243 g/mol. The molecule has 1 heterocycles. The summed E-state index contributed by atoms with van der Waals surface area (Å²) in [6.45, 7) is 0.704. The van der Waals surface area contributed by atoms with E-state index in [2.05, 4.69) is 20.9 Å². The number of amides is 1. The second-order valence-electron chi connectivity index (χ2n) is 2.79. The molecule has 0 radical (unpaired) electrons. The van der Waals surface area contributed by atoms with Crippen LogP contribution < -0.4 is 0 Å². The summed E-state index contributed by atoms with van der Waals surface area (Å²) in [5, 5.41) is 0. The molecule has 0 aliphatic carbocycles. The lowest BCUT2D eigenvalue weighted by Gasteiger charge is -2.12. The van der Waals surface area contributed by atoms with Gasteiger partial charge in [-0.2, -0.15) is 0 Å². The van der Waals surface area contributed by atoms with Gasteiger partial charge in [0.2, 0.25) is 0 Å². The maximum Gasteiger partial charge on any atom is 0.289 e. The van der Waals surface area contributed by atoms with Crippen molar-refractivity contribution in [2.24, 2.45) is 0 Å². The van der Waals surface area contributed by atoms with Crippen LogP contribution in [0.4, 0.5) is 4.79 Å². The quantitative estimate of drug-likeness (QED) is 0.601. The van der Waals surface area contributed by atoms with Crippen LogP contribution >= 0.6 is 15.9 Å². The molecule has 1 aromatic heterocycles. The molecule has 1 rings (SSSR count). The number of aromatic nitrogens is 1. The molecule has 13 heavy (non-hydrogen) atoms. The molecule has 0 saturated carbocycles. The topological polar surface area (TPSA) is 33.2 Å². The van der Waals surface area contributed by atoms with Gasteiger partial charge in [0.05, 0.1) is 0 Å². The van der Waals surface area contributed by atoms with Gasteiger partial charge in [0.15, 0.2) is 0 Å². The van der Waals surface area contributed by atoms with Crippen LogP contribution in [-0.2, 0) is 6.42 Å². The van der Waals surface area contributed by atoms with Crippen LogP contribution in [-0.4, -0.2) is 28.3 Å². The fraction of sp³-hybridized carbons (Fsp3) is 0.333. The summed E-state index contributed by atoms with van der Waals surface area (Å²) in [6.07, 6.45) is 4.39. The largest absolute Gasteiger partial charge is 0.336 e. The maximum atomic E-state index is 10.8. The van der Waals surface area contributed by atoms with E-state index < -0.39 is 0 Å². The van der Waals surface area contributed by atoms with Gasteiger partial charge in [-0.05, 0) is 18.1 Å². The minimum Gasteiger partial charge on any atom is -0.336 e. The number of carbonyl (C=O) groups is 1. The Kier molecular flexibility index (Phi) is 3.89. The molecule has 0 fully saturated rings. The van der Waals surface area contributed by atoms with Gasteiger partial charge in [0, 0.05) is 41.9 Å². The minimum absolute atomic E-state index is 0.0867. The van der Waals surface area contributed by atoms with Crippen LogP contribution in [0.25, 0.3) is 0 Å². The molecular formula is C9H11BrN2O. The maximum absolute atomic E-state index is 10.8. The molecule has 0 N–H and O–H groups in total. The number of nitrogens with zero attached hydrogens (tertiary/aromatic N) is 2. The van der Waals surface area contributed by atoms with Crippen molar-refractivity contribution in [3.63, 3.8) is 0 Å². The van der Waals surface area contributed by atoms with Crippen molar-refractivity contribution in [1.82, 2.24) is 9.88 Å². The van der Waals surface area contributed by atoms with E-state index in [1.165, 1.54) is 0 Å². The minimum atomic E-state index is -0.0867. The molecule has 0 bridgehead atoms. The van der Waals surface area contributed by atoms with Crippen molar-refractivity contribution >= 4 is 20.7 Å². The number of hydrogen-bond donors (Lipinski definition) is 0. The van der Waals surface area contributed by atoms with E-state index in [9.17, 15) is 4.79 Å². The zero-order chi connectivity index (χ0) is 9.68. The Hall–Kier alpha value is -0.900. The zero-order valence-corrected chi connectivity index (χ0v) is 8.99. The highest BCUT2D eigenvalue weighted by molar-refractivity contribution is 9.18. The molecule has 1 amide bonds. The van der Waals surface area contributed by atoms with E-state index in [0.717, 1.165) is 12.0 Å². The molecule has 0 unspecified atom stereocenters. The number of pyridine rings is 1. The second kappa shape index (κ2) is 4.97. The van der Waals surface area contributed by atoms with Gasteiger partial charge < -0.3 is 4.90 Å². The van der Waals surface area contributed by atoms with Gasteiger partial charge in [0.1, 0.15) is 0 Å². The van der Waals surface area contributed by atoms with Crippen molar-refractivity contribution in [2.45, 2.75) is 6.42 Å². The van der Waals surface area contributed by atoms with Crippen molar-refractivity contribution in [3.8, 4) is 0 Å². The molecular weight excluding hydrogens is 232 g/mol. The first-order chi connectivity index (χ1) is 6.20. The highest BCUT2D eigenvalue weighted by Crippen LogP contribution is 2.01. The number of carbonyl (C=O) groups excluding carboxylic acids is 1. The third kappa shape index (κ3) is 3.55. The summed E-state index contributed by atoms with van der Waals surface area (Å²) < 4.78 is 0. The van der Waals surface area contributed by atoms with E-state index in [-0.39, 0.29) is 4.82 Å². The summed E-state index contributed by atoms with van der Waals surface area (Å²) in [5.74, 6) is 0. The summed E-state index contributed by atoms with van der Waals surface area (Å²) in [7, 11) is 1.76. The normalized spacial score (nSPS) is 9.69. The fourth-order valence-corrected chi connectivity index (χ4v) is 1.11. The van der Waals surface area contributed by atoms with Crippen LogP contribution in [0, 0.1) is 0 Å². The summed E-state index contributed by atoms with van der Waals surface area (Å²) in [5.41, 5.74) is 1.14. The Morgan fingerprint density at radius 2 is 2.46 bits per heavy atom. The third-order valence-corrected chi connectivity index (χ3v) is 2.36. The van der Waals surface area contributed by atoms with Crippen LogP contribution in [0.5, 0.6) is 0 Å². The number of halogens is 1. The van der Waals surface area contributed by atoms with Crippen LogP contribution in [0.15, 0.2) is 24.5 Å². The van der Waals surface area contributed by atoms with E-state index in [0.29, 0.717) is 6.54 Å². The summed E-state index contributed by atoms with van der Waals surface area (Å²) in [6, 6.07) is 3.89. The first-order valence-electron chi connectivity index (χ1n) is 3.99. The molecule has 0 saturated heterocycles. The Bertz CT molecular complexity index is 276. The standard InChI is InChI=1S/C9H11BrN2O/c1-12(9(10)13)6-4-8-3-2-5-11-7-8/h2-3,5,7H,4,6H2,1H3. The molecule has 0 aliphatic rings. The predicted octanol–water partition coefficient (Wildman–Crippen LogP) is 2.07.